The van der Waals surface area contributed by atoms with Gasteiger partial charge in [-0.15, -0.1) is 0 Å². The molecule has 0 aromatic heterocycles. The molecule has 0 radical (unpaired) electrons. The highest BCUT2D eigenvalue weighted by Gasteiger charge is 2.08. The monoisotopic (exact) mass is 297 g/mol. The fraction of sp³-hybridized carbons (Fsp3) is 0.316. The van der Waals surface area contributed by atoms with Crippen LogP contribution >= 0.6 is 0 Å². The van der Waals surface area contributed by atoms with Gasteiger partial charge in [-0.2, -0.15) is 0 Å². The summed E-state index contributed by atoms with van der Waals surface area (Å²) in [6.07, 6.45) is 1.80. The average Bonchev–Trinajstić information content (AvgIpc) is 2.56. The van der Waals surface area contributed by atoms with Crippen LogP contribution in [0.2, 0.25) is 0 Å². The van der Waals surface area contributed by atoms with Crippen LogP contribution in [0.5, 0.6) is 5.75 Å². The molecule has 0 saturated carbocycles. The first-order chi connectivity index (χ1) is 10.7. The maximum absolute atomic E-state index is 12.0. The Kier molecular flexibility index (Phi) is 6.01. The molecule has 0 saturated heterocycles. The molecular formula is C19H23NO2. The maximum atomic E-state index is 12.0. The molecule has 0 aliphatic carbocycles. The number of hydrogen-bond acceptors (Lipinski definition) is 2. The second-order valence-corrected chi connectivity index (χ2v) is 5.39. The zero-order valence-electron chi connectivity index (χ0n) is 13.2. The Morgan fingerprint density at radius 1 is 1.09 bits per heavy atom. The highest BCUT2D eigenvalue weighted by molar-refractivity contribution is 5.94. The van der Waals surface area contributed by atoms with Crippen molar-refractivity contribution < 1.29 is 9.53 Å². The minimum Gasteiger partial charge on any atom is -0.493 e. The molecule has 1 N–H and O–H groups in total. The Hall–Kier alpha value is -2.29. The minimum absolute atomic E-state index is 0.0369. The van der Waals surface area contributed by atoms with Crippen molar-refractivity contribution in [2.75, 3.05) is 6.61 Å². The van der Waals surface area contributed by atoms with Crippen LogP contribution in [0.25, 0.3) is 0 Å². The van der Waals surface area contributed by atoms with Gasteiger partial charge in [0.05, 0.1) is 6.61 Å². The highest BCUT2D eigenvalue weighted by atomic mass is 16.5. The van der Waals surface area contributed by atoms with Gasteiger partial charge >= 0.3 is 0 Å². The summed E-state index contributed by atoms with van der Waals surface area (Å²) in [5, 5.41) is 2.95. The van der Waals surface area contributed by atoms with Crippen LogP contribution in [0.3, 0.4) is 0 Å². The summed E-state index contributed by atoms with van der Waals surface area (Å²) in [6, 6.07) is 17.7. The largest absolute Gasteiger partial charge is 0.493 e. The van der Waals surface area contributed by atoms with Crippen LogP contribution in [0.1, 0.15) is 36.2 Å². The number of hydrogen-bond donors (Lipinski definition) is 1. The van der Waals surface area contributed by atoms with E-state index in [0.29, 0.717) is 12.2 Å². The van der Waals surface area contributed by atoms with Gasteiger partial charge in [0, 0.05) is 18.0 Å². The fourth-order valence-electron chi connectivity index (χ4n) is 2.04. The number of rotatable bonds is 7. The van der Waals surface area contributed by atoms with Gasteiger partial charge in [0.2, 0.25) is 0 Å². The van der Waals surface area contributed by atoms with E-state index in [1.54, 1.807) is 12.1 Å². The van der Waals surface area contributed by atoms with Crippen LogP contribution in [0, 0.1) is 0 Å². The Labute approximate surface area is 132 Å². The number of ether oxygens (including phenoxy) is 1. The van der Waals surface area contributed by atoms with E-state index in [1.165, 1.54) is 5.56 Å². The van der Waals surface area contributed by atoms with Crippen LogP contribution in [0.15, 0.2) is 54.6 Å². The topological polar surface area (TPSA) is 38.3 Å². The summed E-state index contributed by atoms with van der Waals surface area (Å²) < 4.78 is 5.72. The lowest BCUT2D eigenvalue weighted by Gasteiger charge is -2.12. The second kappa shape index (κ2) is 8.23. The molecular weight excluding hydrogens is 274 g/mol. The predicted molar refractivity (Wildman–Crippen MR) is 89.3 cm³/mol. The van der Waals surface area contributed by atoms with Crippen molar-refractivity contribution in [1.29, 1.82) is 0 Å². The van der Waals surface area contributed by atoms with Gasteiger partial charge in [0.15, 0.2) is 0 Å². The second-order valence-electron chi connectivity index (χ2n) is 5.39. The van der Waals surface area contributed by atoms with Crippen molar-refractivity contribution in [3.05, 3.63) is 65.7 Å². The van der Waals surface area contributed by atoms with Crippen molar-refractivity contribution in [1.82, 2.24) is 5.32 Å². The van der Waals surface area contributed by atoms with Gasteiger partial charge in [0.25, 0.3) is 5.91 Å². The molecule has 3 heteroatoms. The molecule has 116 valence electrons. The summed E-state index contributed by atoms with van der Waals surface area (Å²) in [7, 11) is 0. The Balaban J connectivity index is 1.83. The van der Waals surface area contributed by atoms with Gasteiger partial charge in [-0.1, -0.05) is 37.3 Å². The Bertz CT molecular complexity index is 578. The van der Waals surface area contributed by atoms with E-state index in [1.807, 2.05) is 37.3 Å². The van der Waals surface area contributed by atoms with E-state index in [9.17, 15) is 4.79 Å². The molecule has 0 bridgehead atoms. The quantitative estimate of drug-likeness (QED) is 0.843. The third kappa shape index (κ3) is 4.92. The predicted octanol–water partition coefficient (Wildman–Crippen LogP) is 3.84. The van der Waals surface area contributed by atoms with Crippen molar-refractivity contribution in [2.24, 2.45) is 0 Å². The standard InChI is InChI=1S/C19H23NO2/c1-3-15(2)20-19(21)17-9-11-18(12-10-17)22-14-13-16-7-5-4-6-8-16/h4-12,15H,3,13-14H2,1-2H3,(H,20,21). The lowest BCUT2D eigenvalue weighted by atomic mass is 10.1. The molecule has 2 aromatic carbocycles. The number of nitrogens with one attached hydrogen (secondary N) is 1. The molecule has 2 rings (SSSR count). The first kappa shape index (κ1) is 16.1. The van der Waals surface area contributed by atoms with Gasteiger partial charge in [-0.05, 0) is 43.2 Å². The molecule has 0 spiro atoms. The van der Waals surface area contributed by atoms with Gasteiger partial charge in [0.1, 0.15) is 5.75 Å². The van der Waals surface area contributed by atoms with E-state index in [4.69, 9.17) is 4.74 Å². The van der Waals surface area contributed by atoms with Gasteiger partial charge in [-0.25, -0.2) is 0 Å². The van der Waals surface area contributed by atoms with Crippen molar-refractivity contribution in [2.45, 2.75) is 32.7 Å². The number of carbonyl (C=O) groups is 1. The summed E-state index contributed by atoms with van der Waals surface area (Å²) >= 11 is 0. The zero-order chi connectivity index (χ0) is 15.8. The molecule has 0 heterocycles. The first-order valence-electron chi connectivity index (χ1n) is 7.76. The van der Waals surface area contributed by atoms with E-state index >= 15 is 0 Å². The van der Waals surface area contributed by atoms with Crippen LogP contribution in [-0.4, -0.2) is 18.6 Å². The van der Waals surface area contributed by atoms with Gasteiger partial charge < -0.3 is 10.1 Å². The first-order valence-corrected chi connectivity index (χ1v) is 7.76. The molecule has 0 aliphatic heterocycles. The molecule has 1 unspecified atom stereocenters. The Morgan fingerprint density at radius 3 is 2.41 bits per heavy atom. The van der Waals surface area contributed by atoms with Crippen molar-refractivity contribution in [3.8, 4) is 5.75 Å². The van der Waals surface area contributed by atoms with Crippen molar-refractivity contribution >= 4 is 5.91 Å². The molecule has 2 aromatic rings. The molecule has 1 atom stereocenters. The third-order valence-electron chi connectivity index (χ3n) is 3.61. The average molecular weight is 297 g/mol. The number of carbonyl (C=O) groups excluding carboxylic acids is 1. The van der Waals surface area contributed by atoms with Crippen LogP contribution in [-0.2, 0) is 6.42 Å². The van der Waals surface area contributed by atoms with E-state index < -0.39 is 0 Å². The molecule has 22 heavy (non-hydrogen) atoms. The summed E-state index contributed by atoms with van der Waals surface area (Å²) in [5.41, 5.74) is 1.92. The number of amides is 1. The van der Waals surface area contributed by atoms with E-state index in [-0.39, 0.29) is 11.9 Å². The maximum Gasteiger partial charge on any atom is 0.251 e. The molecule has 3 nitrogen and oxygen atoms in total. The lowest BCUT2D eigenvalue weighted by molar-refractivity contribution is 0.0939. The smallest absolute Gasteiger partial charge is 0.251 e. The minimum atomic E-state index is -0.0369. The van der Waals surface area contributed by atoms with Gasteiger partial charge in [-0.3, -0.25) is 4.79 Å². The molecule has 0 aliphatic rings. The summed E-state index contributed by atoms with van der Waals surface area (Å²) in [5.74, 6) is 0.751. The molecule has 1 amide bonds. The Morgan fingerprint density at radius 2 is 1.77 bits per heavy atom. The SMILES string of the molecule is CCC(C)NC(=O)c1ccc(OCCc2ccccc2)cc1. The summed E-state index contributed by atoms with van der Waals surface area (Å²) in [6.45, 7) is 4.68. The van der Waals surface area contributed by atoms with E-state index in [0.717, 1.165) is 18.6 Å². The lowest BCUT2D eigenvalue weighted by Crippen LogP contribution is -2.31. The van der Waals surface area contributed by atoms with Crippen LogP contribution in [0.4, 0.5) is 0 Å². The number of benzene rings is 2. The molecule has 0 fully saturated rings. The van der Waals surface area contributed by atoms with Crippen LogP contribution < -0.4 is 10.1 Å². The van der Waals surface area contributed by atoms with E-state index in [2.05, 4.69) is 24.4 Å². The normalized spacial score (nSPS) is 11.7. The fourth-order valence-corrected chi connectivity index (χ4v) is 2.04. The van der Waals surface area contributed by atoms with Crippen molar-refractivity contribution in [3.63, 3.8) is 0 Å². The zero-order valence-corrected chi connectivity index (χ0v) is 13.2. The summed E-state index contributed by atoms with van der Waals surface area (Å²) in [4.78, 5) is 12.0. The highest BCUT2D eigenvalue weighted by Crippen LogP contribution is 2.13. The third-order valence-corrected chi connectivity index (χ3v) is 3.61.